The van der Waals surface area contributed by atoms with Crippen LogP contribution >= 0.6 is 0 Å². The van der Waals surface area contributed by atoms with E-state index in [-0.39, 0.29) is 11.8 Å². The van der Waals surface area contributed by atoms with Gasteiger partial charge in [-0.15, -0.1) is 0 Å². The van der Waals surface area contributed by atoms with Gasteiger partial charge in [0, 0.05) is 63.3 Å². The molecule has 29 heavy (non-hydrogen) atoms. The van der Waals surface area contributed by atoms with E-state index < -0.39 is 6.10 Å². The largest absolute Gasteiger partial charge is 0.387 e. The lowest BCUT2D eigenvalue weighted by Crippen LogP contribution is -2.47. The molecule has 1 aromatic heterocycles. The van der Waals surface area contributed by atoms with Gasteiger partial charge in [0.25, 0.3) is 0 Å². The van der Waals surface area contributed by atoms with Crippen LogP contribution in [0.3, 0.4) is 0 Å². The fourth-order valence-electron chi connectivity index (χ4n) is 4.13. The average molecular weight is 396 g/mol. The summed E-state index contributed by atoms with van der Waals surface area (Å²) in [5.74, 6) is 1.07. The highest BCUT2D eigenvalue weighted by Gasteiger charge is 2.27. The molecule has 1 N–H and O–H groups in total. The molecule has 3 heterocycles. The van der Waals surface area contributed by atoms with Crippen LogP contribution in [0.2, 0.25) is 0 Å². The van der Waals surface area contributed by atoms with Gasteiger partial charge in [0.15, 0.2) is 0 Å². The number of rotatable bonds is 5. The minimum absolute atomic E-state index is 0.00764. The number of carbonyl (C=O) groups is 1. The van der Waals surface area contributed by atoms with E-state index in [4.69, 9.17) is 0 Å². The van der Waals surface area contributed by atoms with Crippen LogP contribution in [0.25, 0.3) is 0 Å². The second kappa shape index (κ2) is 8.47. The minimum atomic E-state index is -0.529. The zero-order chi connectivity index (χ0) is 20.4. The Morgan fingerprint density at radius 3 is 2.62 bits per heavy atom. The molecule has 2 aromatic rings. The molecule has 1 amide bonds. The van der Waals surface area contributed by atoms with Gasteiger partial charge in [-0.3, -0.25) is 14.7 Å². The van der Waals surface area contributed by atoms with Crippen molar-refractivity contribution in [1.29, 1.82) is 0 Å². The molecule has 0 bridgehead atoms. The lowest BCUT2D eigenvalue weighted by atomic mass is 10.0. The second-order valence-corrected chi connectivity index (χ2v) is 8.15. The number of anilines is 2. The standard InChI is InChI=1S/C22H29N5O2/c1-16(2)22(29)27-8-5-17-13-18(3-4-19(17)27)20(28)15-25-9-11-26(12-10-25)21-14-23-6-7-24-21/h3-4,6-7,13-14,16,20,28H,5,8-12,15H2,1-2H3/t20-/m0/s1. The van der Waals surface area contributed by atoms with Gasteiger partial charge in [0.2, 0.25) is 5.91 Å². The monoisotopic (exact) mass is 395 g/mol. The van der Waals surface area contributed by atoms with Crippen LogP contribution in [-0.4, -0.2) is 65.2 Å². The summed E-state index contributed by atoms with van der Waals surface area (Å²) in [5.41, 5.74) is 3.08. The third kappa shape index (κ3) is 4.26. The second-order valence-electron chi connectivity index (χ2n) is 8.15. The highest BCUT2D eigenvalue weighted by atomic mass is 16.3. The normalized spacial score (nSPS) is 18.2. The van der Waals surface area contributed by atoms with Crippen molar-refractivity contribution in [2.75, 3.05) is 49.1 Å². The summed E-state index contributed by atoms with van der Waals surface area (Å²) in [4.78, 5) is 27.3. The number of piperazine rings is 1. The highest BCUT2D eigenvalue weighted by Crippen LogP contribution is 2.32. The van der Waals surface area contributed by atoms with Gasteiger partial charge in [-0.2, -0.15) is 0 Å². The van der Waals surface area contributed by atoms with E-state index in [0.717, 1.165) is 61.8 Å². The first-order chi connectivity index (χ1) is 14.0. The first-order valence-corrected chi connectivity index (χ1v) is 10.4. The number of nitrogens with zero attached hydrogens (tertiary/aromatic N) is 5. The van der Waals surface area contributed by atoms with Gasteiger partial charge in [-0.1, -0.05) is 26.0 Å². The fourth-order valence-corrected chi connectivity index (χ4v) is 4.13. The molecule has 4 rings (SSSR count). The molecule has 2 aliphatic rings. The molecule has 154 valence electrons. The van der Waals surface area contributed by atoms with Crippen LogP contribution < -0.4 is 9.80 Å². The van der Waals surface area contributed by atoms with E-state index in [1.807, 2.05) is 30.9 Å². The van der Waals surface area contributed by atoms with Gasteiger partial charge in [0.1, 0.15) is 5.82 Å². The molecule has 0 saturated carbocycles. The number of benzene rings is 1. The molecular weight excluding hydrogens is 366 g/mol. The van der Waals surface area contributed by atoms with E-state index >= 15 is 0 Å². The van der Waals surface area contributed by atoms with Crippen LogP contribution in [0.1, 0.15) is 31.1 Å². The zero-order valence-electron chi connectivity index (χ0n) is 17.2. The highest BCUT2D eigenvalue weighted by molar-refractivity contribution is 5.96. The Morgan fingerprint density at radius 2 is 1.93 bits per heavy atom. The maximum absolute atomic E-state index is 12.4. The first-order valence-electron chi connectivity index (χ1n) is 10.4. The SMILES string of the molecule is CC(C)C(=O)N1CCc2cc([C@@H](O)CN3CCN(c4cnccn4)CC3)ccc21. The topological polar surface area (TPSA) is 72.8 Å². The molecule has 1 saturated heterocycles. The number of β-amino-alcohol motifs (C(OH)–C–C–N with tert-alkyl or cyclic N) is 1. The van der Waals surface area contributed by atoms with E-state index in [9.17, 15) is 9.90 Å². The summed E-state index contributed by atoms with van der Waals surface area (Å²) >= 11 is 0. The summed E-state index contributed by atoms with van der Waals surface area (Å²) in [5, 5.41) is 10.8. The molecule has 7 nitrogen and oxygen atoms in total. The minimum Gasteiger partial charge on any atom is -0.387 e. The molecule has 1 aromatic carbocycles. The summed E-state index contributed by atoms with van der Waals surface area (Å²) < 4.78 is 0. The maximum Gasteiger partial charge on any atom is 0.229 e. The van der Waals surface area contributed by atoms with E-state index in [2.05, 4.69) is 25.8 Å². The zero-order valence-corrected chi connectivity index (χ0v) is 17.2. The van der Waals surface area contributed by atoms with Gasteiger partial charge >= 0.3 is 0 Å². The van der Waals surface area contributed by atoms with Crippen molar-refractivity contribution < 1.29 is 9.90 Å². The van der Waals surface area contributed by atoms with Crippen LogP contribution in [0, 0.1) is 5.92 Å². The fraction of sp³-hybridized carbons (Fsp3) is 0.500. The van der Waals surface area contributed by atoms with Crippen LogP contribution in [0.15, 0.2) is 36.8 Å². The quantitative estimate of drug-likeness (QED) is 0.833. The lowest BCUT2D eigenvalue weighted by Gasteiger charge is -2.36. The Bertz CT molecular complexity index is 850. The Morgan fingerprint density at radius 1 is 1.14 bits per heavy atom. The third-order valence-electron chi connectivity index (χ3n) is 5.82. The number of aliphatic hydroxyl groups excluding tert-OH is 1. The number of hydrogen-bond donors (Lipinski definition) is 1. The first kappa shape index (κ1) is 19.8. The van der Waals surface area contributed by atoms with E-state index in [0.29, 0.717) is 6.54 Å². The predicted molar refractivity (Wildman–Crippen MR) is 113 cm³/mol. The summed E-state index contributed by atoms with van der Waals surface area (Å²) in [6, 6.07) is 6.03. The number of aliphatic hydroxyl groups is 1. The molecule has 1 fully saturated rings. The number of carbonyl (C=O) groups excluding carboxylic acids is 1. The lowest BCUT2D eigenvalue weighted by molar-refractivity contribution is -0.121. The van der Waals surface area contributed by atoms with E-state index in [1.54, 1.807) is 18.6 Å². The maximum atomic E-state index is 12.4. The van der Waals surface area contributed by atoms with Crippen LogP contribution in [0.4, 0.5) is 11.5 Å². The van der Waals surface area contributed by atoms with Crippen molar-refractivity contribution in [2.45, 2.75) is 26.4 Å². The third-order valence-corrected chi connectivity index (χ3v) is 5.82. The van der Waals surface area contributed by atoms with Gasteiger partial charge in [-0.25, -0.2) is 4.98 Å². The molecular formula is C22H29N5O2. The predicted octanol–water partition coefficient (Wildman–Crippen LogP) is 1.88. The summed E-state index contributed by atoms with van der Waals surface area (Å²) in [7, 11) is 0. The summed E-state index contributed by atoms with van der Waals surface area (Å²) in [6.45, 7) is 8.73. The number of hydrogen-bond acceptors (Lipinski definition) is 6. The number of fused-ring (bicyclic) bond motifs is 1. The van der Waals surface area contributed by atoms with E-state index in [1.165, 1.54) is 0 Å². The van der Waals surface area contributed by atoms with Crippen molar-refractivity contribution in [3.8, 4) is 0 Å². The van der Waals surface area contributed by atoms with Crippen molar-refractivity contribution in [3.05, 3.63) is 47.9 Å². The Kier molecular flexibility index (Phi) is 5.78. The Hall–Kier alpha value is -2.51. The average Bonchev–Trinajstić information content (AvgIpc) is 3.17. The van der Waals surface area contributed by atoms with Gasteiger partial charge < -0.3 is 14.9 Å². The molecule has 0 aliphatic carbocycles. The molecule has 0 spiro atoms. The van der Waals surface area contributed by atoms with Crippen molar-refractivity contribution >= 4 is 17.4 Å². The Labute approximate surface area is 172 Å². The molecule has 2 aliphatic heterocycles. The van der Waals surface area contributed by atoms with Crippen molar-refractivity contribution in [3.63, 3.8) is 0 Å². The van der Waals surface area contributed by atoms with Crippen molar-refractivity contribution in [2.24, 2.45) is 5.92 Å². The van der Waals surface area contributed by atoms with Crippen molar-refractivity contribution in [1.82, 2.24) is 14.9 Å². The Balaban J connectivity index is 1.35. The van der Waals surface area contributed by atoms with Crippen LogP contribution in [-0.2, 0) is 11.2 Å². The summed E-state index contributed by atoms with van der Waals surface area (Å²) in [6.07, 6.45) is 5.52. The molecule has 7 heteroatoms. The number of amides is 1. The number of aromatic nitrogens is 2. The van der Waals surface area contributed by atoms with Gasteiger partial charge in [-0.05, 0) is 23.6 Å². The smallest absolute Gasteiger partial charge is 0.229 e. The van der Waals surface area contributed by atoms with Crippen LogP contribution in [0.5, 0.6) is 0 Å². The molecule has 0 unspecified atom stereocenters. The molecule has 1 atom stereocenters. The molecule has 0 radical (unpaired) electrons. The van der Waals surface area contributed by atoms with Gasteiger partial charge in [0.05, 0.1) is 12.3 Å².